The molecule has 0 N–H and O–H groups in total. The van der Waals surface area contributed by atoms with Gasteiger partial charge < -0.3 is 0 Å². The van der Waals surface area contributed by atoms with E-state index in [1.165, 1.54) is 29.8 Å². The summed E-state index contributed by atoms with van der Waals surface area (Å²) in [7, 11) is 12.2. The Bertz CT molecular complexity index is 418. The van der Waals surface area contributed by atoms with Crippen molar-refractivity contribution in [1.29, 1.82) is 21.0 Å². The summed E-state index contributed by atoms with van der Waals surface area (Å²) in [4.78, 5) is 4.17. The minimum absolute atomic E-state index is 1.19. The maximum absolute atomic E-state index is 8.09. The van der Waals surface area contributed by atoms with Crippen LogP contribution in [-0.2, 0) is 0 Å². The Morgan fingerprint density at radius 2 is 1.05 bits per heavy atom. The van der Waals surface area contributed by atoms with E-state index in [4.69, 9.17) is 21.0 Å². The molecule has 100 valence electrons. The van der Waals surface area contributed by atoms with Crippen LogP contribution in [0.1, 0.15) is 0 Å². The molecule has 0 aromatic carbocycles. The molecule has 7 nitrogen and oxygen atoms in total. The van der Waals surface area contributed by atoms with Gasteiger partial charge in [0.25, 0.3) is 0 Å². The number of nitrogens with zero attached hydrogens (tertiary/aromatic N) is 7. The van der Waals surface area contributed by atoms with Crippen molar-refractivity contribution >= 4 is 12.1 Å². The van der Waals surface area contributed by atoms with E-state index in [2.05, 4.69) is 14.4 Å². The van der Waals surface area contributed by atoms with E-state index in [-0.39, 0.29) is 0 Å². The zero-order valence-corrected chi connectivity index (χ0v) is 12.2. The van der Waals surface area contributed by atoms with Crippen molar-refractivity contribution in [2.24, 2.45) is 0 Å². The summed E-state index contributed by atoms with van der Waals surface area (Å²) in [5, 5.41) is 32.3. The lowest BCUT2D eigenvalue weighted by atomic mass is 9.30. The fraction of sp³-hybridized carbons (Fsp3) is 0.545. The number of hydrogen-bond donors (Lipinski definition) is 0. The third kappa shape index (κ3) is 5.96. The lowest BCUT2D eigenvalue weighted by molar-refractivity contribution is -0.475. The Morgan fingerprint density at radius 1 is 0.789 bits per heavy atom. The Hall–Kier alpha value is -2.71. The first-order valence-electron chi connectivity index (χ1n) is 5.40. The zero-order valence-electron chi connectivity index (χ0n) is 12.2. The van der Waals surface area contributed by atoms with Crippen LogP contribution in [0.3, 0.4) is 0 Å². The van der Waals surface area contributed by atoms with Gasteiger partial charge in [-0.15, -0.1) is 23.9 Å². The van der Waals surface area contributed by atoms with Gasteiger partial charge in [-0.1, -0.05) is 0 Å². The minimum atomic E-state index is -2.72. The summed E-state index contributed by atoms with van der Waals surface area (Å²) in [5.74, 6) is 6.57. The molecule has 0 atom stereocenters. The number of nitriles is 4. The smallest absolute Gasteiger partial charge is 0.270 e. The van der Waals surface area contributed by atoms with Gasteiger partial charge in [0, 0.05) is 0 Å². The van der Waals surface area contributed by atoms with Crippen LogP contribution in [0, 0.1) is 44.9 Å². The van der Waals surface area contributed by atoms with Crippen LogP contribution in [0.5, 0.6) is 0 Å². The molecule has 0 spiro atoms. The monoisotopic (exact) mass is 259 g/mol. The molecule has 0 amide bonds. The summed E-state index contributed by atoms with van der Waals surface area (Å²) in [5.41, 5.74) is 0. The van der Waals surface area contributed by atoms with Gasteiger partial charge in [-0.05, 0) is 0 Å². The molecule has 8 heteroatoms. The Kier molecular flexibility index (Phi) is 8.24. The normalized spacial score (nSPS) is 8.32. The molecule has 0 saturated carbocycles. The van der Waals surface area contributed by atoms with Crippen molar-refractivity contribution in [3.05, 3.63) is 0 Å². The summed E-state index contributed by atoms with van der Waals surface area (Å²) >= 11 is 0. The topological polar surface area (TPSA) is 105 Å². The van der Waals surface area contributed by atoms with Crippen molar-refractivity contribution < 1.29 is 4.58 Å². The average Bonchev–Trinajstić information content (AvgIpc) is 2.32. The van der Waals surface area contributed by atoms with E-state index in [0.29, 0.717) is 0 Å². The molecule has 0 aromatic heterocycles. The molecule has 0 rings (SSSR count). The van der Waals surface area contributed by atoms with E-state index >= 15 is 0 Å². The van der Waals surface area contributed by atoms with E-state index in [9.17, 15) is 0 Å². The first-order valence-corrected chi connectivity index (χ1v) is 5.40. The van der Waals surface area contributed by atoms with Crippen molar-refractivity contribution in [3.8, 4) is 23.9 Å². The first kappa shape index (κ1) is 18.7. The van der Waals surface area contributed by atoms with Crippen LogP contribution in [0.25, 0.3) is 0 Å². The molecular weight excluding hydrogens is 241 g/mol. The molecule has 0 unspecified atom stereocenters. The minimum Gasteiger partial charge on any atom is -0.270 e. The Labute approximate surface area is 114 Å². The van der Waals surface area contributed by atoms with Crippen molar-refractivity contribution in [1.82, 2.24) is 9.80 Å². The van der Waals surface area contributed by atoms with Crippen LogP contribution in [-0.4, -0.2) is 68.8 Å². The van der Waals surface area contributed by atoms with Crippen LogP contribution >= 0.6 is 0 Å². The molecule has 0 saturated heterocycles. The highest BCUT2D eigenvalue weighted by atomic mass is 15.4. The standard InChI is InChI=1S/C7H18N3.C4BN4/c1-8(2)7(9(3)4)10(5)6;6-1-5(2-7,3-8)4-9/h1-6H3;/q+1;-1. The number of hydrogen-bond acceptors (Lipinski definition) is 4. The van der Waals surface area contributed by atoms with Gasteiger partial charge in [0.2, 0.25) is 0 Å². The zero-order chi connectivity index (χ0) is 15.6. The molecule has 0 radical (unpaired) electrons. The molecule has 0 bridgehead atoms. The molecule has 19 heavy (non-hydrogen) atoms. The van der Waals surface area contributed by atoms with Crippen molar-refractivity contribution in [2.75, 3.05) is 42.3 Å². The largest absolute Gasteiger partial charge is 0.383 e. The fourth-order valence-corrected chi connectivity index (χ4v) is 1.37. The lowest BCUT2D eigenvalue weighted by Crippen LogP contribution is -2.40. The second-order valence-electron chi connectivity index (χ2n) is 4.37. The maximum atomic E-state index is 8.09. The summed E-state index contributed by atoms with van der Waals surface area (Å²) in [6.45, 7) is 0. The maximum Gasteiger partial charge on any atom is 0.383 e. The van der Waals surface area contributed by atoms with E-state index in [1.807, 2.05) is 42.3 Å². The van der Waals surface area contributed by atoms with Gasteiger partial charge in [-0.3, -0.25) is 14.4 Å². The second-order valence-corrected chi connectivity index (χ2v) is 4.37. The van der Waals surface area contributed by atoms with Crippen LogP contribution in [0.2, 0.25) is 0 Å². The summed E-state index contributed by atoms with van der Waals surface area (Å²) in [6.07, 6.45) is -2.72. The van der Waals surface area contributed by atoms with E-state index in [0.717, 1.165) is 0 Å². The SMILES string of the molecule is CN(C)C(N(C)C)=[N+](C)C.N#C[B-](C#N)(C#N)C#N. The van der Waals surface area contributed by atoms with Gasteiger partial charge in [-0.25, -0.2) is 21.0 Å². The van der Waals surface area contributed by atoms with Crippen LogP contribution in [0.15, 0.2) is 0 Å². The summed E-state index contributed by atoms with van der Waals surface area (Å²) in [6, 6.07) is 0. The lowest BCUT2D eigenvalue weighted by Gasteiger charge is -2.16. The van der Waals surface area contributed by atoms with Crippen LogP contribution in [0.4, 0.5) is 0 Å². The molecule has 0 aliphatic heterocycles. The molecule has 0 fully saturated rings. The molecule has 0 aromatic rings. The molecule has 0 heterocycles. The Morgan fingerprint density at radius 3 is 1.05 bits per heavy atom. The highest BCUT2D eigenvalue weighted by molar-refractivity contribution is 7.05. The Balaban J connectivity index is 0. The van der Waals surface area contributed by atoms with Crippen molar-refractivity contribution in [2.45, 2.75) is 0 Å². The number of rotatable bonds is 0. The molecule has 0 aliphatic rings. The number of guanidine groups is 1. The van der Waals surface area contributed by atoms with Gasteiger partial charge >= 0.3 is 12.1 Å². The fourth-order valence-electron chi connectivity index (χ4n) is 1.37. The average molecular weight is 259 g/mol. The third-order valence-corrected chi connectivity index (χ3v) is 1.97. The quantitative estimate of drug-likeness (QED) is 0.249. The van der Waals surface area contributed by atoms with Gasteiger partial charge in [0.1, 0.15) is 0 Å². The van der Waals surface area contributed by atoms with Crippen molar-refractivity contribution in [3.63, 3.8) is 0 Å². The van der Waals surface area contributed by atoms with E-state index in [1.54, 1.807) is 0 Å². The van der Waals surface area contributed by atoms with Gasteiger partial charge in [-0.2, -0.15) is 0 Å². The van der Waals surface area contributed by atoms with Gasteiger partial charge in [0.05, 0.1) is 42.3 Å². The molecule has 0 aliphatic carbocycles. The van der Waals surface area contributed by atoms with Gasteiger partial charge in [0.15, 0.2) is 0 Å². The van der Waals surface area contributed by atoms with E-state index < -0.39 is 6.15 Å². The third-order valence-electron chi connectivity index (χ3n) is 1.97. The predicted molar refractivity (Wildman–Crippen MR) is 72.7 cm³/mol. The second kappa shape index (κ2) is 8.40. The summed E-state index contributed by atoms with van der Waals surface area (Å²) < 4.78 is 2.08. The highest BCUT2D eigenvalue weighted by Gasteiger charge is 2.22. The first-order chi connectivity index (χ1) is 8.71. The highest BCUT2D eigenvalue weighted by Crippen LogP contribution is 1.92. The molecular formula is C11H18BN7. The van der Waals surface area contributed by atoms with Crippen LogP contribution < -0.4 is 0 Å². The predicted octanol–water partition coefficient (Wildman–Crippen LogP) is -0.576.